The van der Waals surface area contributed by atoms with Crippen LogP contribution in [0.15, 0.2) is 77.3 Å². The summed E-state index contributed by atoms with van der Waals surface area (Å²) < 4.78 is 0. The number of thiazole rings is 1. The van der Waals surface area contributed by atoms with Crippen LogP contribution in [0.1, 0.15) is 35.7 Å². The summed E-state index contributed by atoms with van der Waals surface area (Å²) in [6, 6.07) is 16.4. The van der Waals surface area contributed by atoms with Gasteiger partial charge in [-0.2, -0.15) is 0 Å². The number of nitrogens with one attached hydrogen (secondary N) is 1. The van der Waals surface area contributed by atoms with Crippen molar-refractivity contribution in [1.82, 2.24) is 19.9 Å². The van der Waals surface area contributed by atoms with Crippen molar-refractivity contribution >= 4 is 57.9 Å². The molecule has 2 aromatic heterocycles. The molecule has 0 spiro atoms. The van der Waals surface area contributed by atoms with E-state index < -0.39 is 6.04 Å². The van der Waals surface area contributed by atoms with Gasteiger partial charge >= 0.3 is 0 Å². The topological polar surface area (TPSA) is 91.3 Å². The van der Waals surface area contributed by atoms with Crippen LogP contribution in [0.4, 0.5) is 11.4 Å². The molecule has 1 N–H and O–H groups in total. The van der Waals surface area contributed by atoms with Gasteiger partial charge in [0.2, 0.25) is 11.8 Å². The molecule has 2 heterocycles. The van der Waals surface area contributed by atoms with Crippen molar-refractivity contribution in [1.29, 1.82) is 0 Å². The monoisotopic (exact) mass is 660 g/mol. The van der Waals surface area contributed by atoms with E-state index in [2.05, 4.69) is 27.4 Å². The third kappa shape index (κ3) is 8.71. The number of carbonyl (C=O) groups excluding carboxylic acids is 2. The van der Waals surface area contributed by atoms with Crippen LogP contribution < -0.4 is 10.2 Å². The second-order valence-corrected chi connectivity index (χ2v) is 13.6. The molecule has 4 aromatic rings. The highest BCUT2D eigenvalue weighted by atomic mass is 35.5. The van der Waals surface area contributed by atoms with E-state index in [1.54, 1.807) is 4.90 Å². The lowest BCUT2D eigenvalue weighted by molar-refractivity contribution is -0.139. The Kier molecular flexibility index (Phi) is 10.9. The van der Waals surface area contributed by atoms with Crippen LogP contribution in [0.3, 0.4) is 0 Å². The molecule has 0 aliphatic heterocycles. The van der Waals surface area contributed by atoms with E-state index in [9.17, 15) is 9.59 Å². The third-order valence-electron chi connectivity index (χ3n) is 7.62. The number of nitrogens with zero attached hydrogens (tertiary/aromatic N) is 5. The molecule has 234 valence electrons. The summed E-state index contributed by atoms with van der Waals surface area (Å²) in [4.78, 5) is 46.0. The molecule has 8 nitrogen and oxygen atoms in total. The number of benzene rings is 2. The molecular weight excluding hydrogens is 624 g/mol. The Hall–Kier alpha value is -3.73. The number of aromatic nitrogens is 3. The Morgan fingerprint density at radius 3 is 2.38 bits per heavy atom. The molecule has 11 heteroatoms. The molecule has 1 aliphatic rings. The molecule has 0 saturated heterocycles. The van der Waals surface area contributed by atoms with E-state index in [-0.39, 0.29) is 30.0 Å². The Morgan fingerprint density at radius 1 is 1.02 bits per heavy atom. The van der Waals surface area contributed by atoms with Gasteiger partial charge in [-0.15, -0.1) is 11.3 Å². The molecule has 2 unspecified atom stereocenters. The van der Waals surface area contributed by atoms with E-state index in [1.807, 2.05) is 92.8 Å². The second kappa shape index (κ2) is 15.0. The number of hydrogen-bond donors (Lipinski definition) is 1. The smallest absolute Gasteiger partial charge is 0.247 e. The number of rotatable bonds is 11. The maximum absolute atomic E-state index is 14.2. The van der Waals surface area contributed by atoms with Crippen molar-refractivity contribution in [3.05, 3.63) is 93.5 Å². The molecule has 45 heavy (non-hydrogen) atoms. The minimum atomic E-state index is -0.695. The van der Waals surface area contributed by atoms with Gasteiger partial charge in [0, 0.05) is 52.8 Å². The summed E-state index contributed by atoms with van der Waals surface area (Å²) >= 11 is 8.87. The summed E-state index contributed by atoms with van der Waals surface area (Å²) in [6.07, 6.45) is 6.63. The minimum Gasteiger partial charge on any atom is -0.378 e. The van der Waals surface area contributed by atoms with Gasteiger partial charge in [0.25, 0.3) is 0 Å². The van der Waals surface area contributed by atoms with E-state index in [0.717, 1.165) is 46.2 Å². The van der Waals surface area contributed by atoms with E-state index in [0.29, 0.717) is 22.3 Å². The SMILES string of the molecule is Cc1cc(C)nc(SCC(=O)N(Cc2nc(-c3ccc(Cl)cc3)cs2)C(C(=O)Nc2ccc(N(C)C)cc2)C2CC=CCC2)n1. The van der Waals surface area contributed by atoms with Crippen molar-refractivity contribution in [2.75, 3.05) is 30.1 Å². The predicted octanol–water partition coefficient (Wildman–Crippen LogP) is 7.42. The largest absolute Gasteiger partial charge is 0.378 e. The Morgan fingerprint density at radius 2 is 1.73 bits per heavy atom. The van der Waals surface area contributed by atoms with Gasteiger partial charge in [0.05, 0.1) is 18.0 Å². The molecule has 0 saturated carbocycles. The Labute approximate surface area is 277 Å². The molecule has 2 aromatic carbocycles. The summed E-state index contributed by atoms with van der Waals surface area (Å²) in [7, 11) is 3.95. The zero-order valence-corrected chi connectivity index (χ0v) is 28.3. The molecular formula is C34H37ClN6O2S2. The van der Waals surface area contributed by atoms with Crippen LogP contribution >= 0.6 is 34.7 Å². The lowest BCUT2D eigenvalue weighted by atomic mass is 9.86. The maximum Gasteiger partial charge on any atom is 0.247 e. The van der Waals surface area contributed by atoms with Crippen molar-refractivity contribution in [2.24, 2.45) is 5.92 Å². The average Bonchev–Trinajstić information content (AvgIpc) is 3.49. The molecule has 5 rings (SSSR count). The zero-order chi connectivity index (χ0) is 31.9. The van der Waals surface area contributed by atoms with Gasteiger partial charge in [-0.25, -0.2) is 15.0 Å². The fourth-order valence-electron chi connectivity index (χ4n) is 5.36. The lowest BCUT2D eigenvalue weighted by Gasteiger charge is -2.36. The lowest BCUT2D eigenvalue weighted by Crippen LogP contribution is -2.51. The van der Waals surface area contributed by atoms with Gasteiger partial charge in [0.1, 0.15) is 11.0 Å². The number of carbonyl (C=O) groups is 2. The first-order valence-corrected chi connectivity index (χ1v) is 17.1. The number of amides is 2. The summed E-state index contributed by atoms with van der Waals surface area (Å²) in [6.45, 7) is 4.04. The van der Waals surface area contributed by atoms with Gasteiger partial charge in [-0.3, -0.25) is 9.59 Å². The first-order valence-electron chi connectivity index (χ1n) is 14.8. The fraction of sp³-hybridized carbons (Fsp3) is 0.324. The predicted molar refractivity (Wildman–Crippen MR) is 185 cm³/mol. The quantitative estimate of drug-likeness (QED) is 0.102. The summed E-state index contributed by atoms with van der Waals surface area (Å²) in [5.74, 6) is -0.312. The molecule has 0 radical (unpaired) electrons. The maximum atomic E-state index is 14.2. The number of thioether (sulfide) groups is 1. The summed E-state index contributed by atoms with van der Waals surface area (Å²) in [5.41, 5.74) is 5.16. The van der Waals surface area contributed by atoms with Crippen molar-refractivity contribution in [3.8, 4) is 11.3 Å². The van der Waals surface area contributed by atoms with E-state index >= 15 is 0 Å². The van der Waals surface area contributed by atoms with Crippen LogP contribution in [0.5, 0.6) is 0 Å². The average molecular weight is 661 g/mol. The number of halogens is 1. The third-order valence-corrected chi connectivity index (χ3v) is 9.53. The van der Waals surface area contributed by atoms with Crippen molar-refractivity contribution in [3.63, 3.8) is 0 Å². The van der Waals surface area contributed by atoms with Crippen molar-refractivity contribution < 1.29 is 9.59 Å². The fourth-order valence-corrected chi connectivity index (χ4v) is 7.13. The second-order valence-electron chi connectivity index (χ2n) is 11.3. The van der Waals surface area contributed by atoms with Crippen molar-refractivity contribution in [2.45, 2.75) is 50.9 Å². The number of allylic oxidation sites excluding steroid dienone is 2. The van der Waals surface area contributed by atoms with Crippen LogP contribution in [0, 0.1) is 19.8 Å². The Bertz CT molecular complexity index is 1640. The first kappa shape index (κ1) is 32.7. The number of hydrogen-bond acceptors (Lipinski definition) is 8. The van der Waals surface area contributed by atoms with Crippen LogP contribution in [-0.2, 0) is 16.1 Å². The number of anilines is 2. The van der Waals surface area contributed by atoms with E-state index in [1.165, 1.54) is 23.1 Å². The van der Waals surface area contributed by atoms with Crippen LogP contribution in [0.25, 0.3) is 11.3 Å². The van der Waals surface area contributed by atoms with Gasteiger partial charge in [0.15, 0.2) is 5.16 Å². The molecule has 0 bridgehead atoms. The first-order chi connectivity index (χ1) is 21.7. The Balaban J connectivity index is 1.45. The standard InChI is InChI=1S/C34H37ClN6O2S2/c1-22-18-23(2)37-34(36-22)45-21-31(42)41(19-30-39-29(20-44-30)24-10-12-26(35)13-11-24)32(25-8-6-5-7-9-25)33(43)38-27-14-16-28(17-15-27)40(3)4/h5-6,10-18,20,25,32H,7-9,19,21H2,1-4H3,(H,38,43). The minimum absolute atomic E-state index is 0.0434. The van der Waals surface area contributed by atoms with Gasteiger partial charge < -0.3 is 15.1 Å². The summed E-state index contributed by atoms with van der Waals surface area (Å²) in [5, 5.41) is 7.04. The normalized spacial score (nSPS) is 15.0. The van der Waals surface area contributed by atoms with Crippen LogP contribution in [0.2, 0.25) is 5.02 Å². The number of aryl methyl sites for hydroxylation is 2. The highest BCUT2D eigenvalue weighted by Gasteiger charge is 2.37. The molecule has 2 amide bonds. The molecule has 0 fully saturated rings. The molecule has 2 atom stereocenters. The van der Waals surface area contributed by atoms with Crippen LogP contribution in [-0.4, -0.2) is 57.6 Å². The van der Waals surface area contributed by atoms with Gasteiger partial charge in [-0.1, -0.05) is 47.6 Å². The highest BCUT2D eigenvalue weighted by Crippen LogP contribution is 2.31. The molecule has 1 aliphatic carbocycles. The van der Waals surface area contributed by atoms with Gasteiger partial charge in [-0.05, 0) is 81.5 Å². The highest BCUT2D eigenvalue weighted by molar-refractivity contribution is 7.99. The zero-order valence-electron chi connectivity index (χ0n) is 25.9. The van der Waals surface area contributed by atoms with E-state index in [4.69, 9.17) is 16.6 Å².